The van der Waals surface area contributed by atoms with E-state index in [1.165, 1.54) is 148 Å². The van der Waals surface area contributed by atoms with Crippen molar-refractivity contribution in [1.29, 1.82) is 0 Å². The van der Waals surface area contributed by atoms with Crippen LogP contribution in [0.1, 0.15) is 271 Å². The van der Waals surface area contributed by atoms with Gasteiger partial charge < -0.3 is 45.1 Å². The number of nitrogens with one attached hydrogen (secondary N) is 1. The van der Waals surface area contributed by atoms with Crippen molar-refractivity contribution in [3.63, 3.8) is 0 Å². The quantitative estimate of drug-likeness (QED) is 0.0195. The van der Waals surface area contributed by atoms with Crippen molar-refractivity contribution < 1.29 is 49.3 Å². The molecule has 0 aromatic carbocycles. The van der Waals surface area contributed by atoms with Crippen LogP contribution in [-0.2, 0) is 23.8 Å². The molecule has 8 unspecified atom stereocenters. The number of carbonyl (C=O) groups excluding carboxylic acids is 2. The van der Waals surface area contributed by atoms with Crippen LogP contribution in [0.25, 0.3) is 0 Å². The average Bonchev–Trinajstić information content (AvgIpc) is 3.49. The second kappa shape index (κ2) is 55.4. The molecule has 11 heteroatoms. The fourth-order valence-corrected chi connectivity index (χ4v) is 9.68. The minimum atomic E-state index is -1.63. The van der Waals surface area contributed by atoms with Gasteiger partial charge in [0.15, 0.2) is 12.4 Å². The van der Waals surface area contributed by atoms with Crippen molar-refractivity contribution in [1.82, 2.24) is 5.32 Å². The Labute approximate surface area is 483 Å². The molecule has 1 amide bonds. The Balaban J connectivity index is 2.69. The smallest absolute Gasteiger partial charge is 0.306 e. The molecular formula is C68H119NO10. The summed E-state index contributed by atoms with van der Waals surface area (Å²) in [4.78, 5) is 26.6. The third kappa shape index (κ3) is 43.2. The minimum absolute atomic E-state index is 0.114. The van der Waals surface area contributed by atoms with Gasteiger partial charge in [-0.3, -0.25) is 9.59 Å². The van der Waals surface area contributed by atoms with Gasteiger partial charge in [0.25, 0.3) is 0 Å². The van der Waals surface area contributed by atoms with E-state index in [-0.39, 0.29) is 19.4 Å². The van der Waals surface area contributed by atoms with Gasteiger partial charge in [0.1, 0.15) is 24.4 Å². The Morgan fingerprint density at radius 3 is 1.37 bits per heavy atom. The van der Waals surface area contributed by atoms with Crippen molar-refractivity contribution in [3.8, 4) is 0 Å². The SMILES string of the molecule is CC/C=C\C/C=C\C/C=C\C/C=C\C/C=C\CCC(O)C(=O)NC(COC1OC(CO)C(O)C(O)C1OC(=O)CCCCCCCCCCCCC/C=C/CCCCCCCC)C(O)/C=C/CCCCCCCCCCCCC. The third-order valence-corrected chi connectivity index (χ3v) is 14.8. The van der Waals surface area contributed by atoms with Crippen LogP contribution in [0.5, 0.6) is 0 Å². The number of ether oxygens (including phenoxy) is 3. The normalized spacial score (nSPS) is 19.4. The zero-order chi connectivity index (χ0) is 57.5. The second-order valence-electron chi connectivity index (χ2n) is 22.1. The van der Waals surface area contributed by atoms with E-state index in [9.17, 15) is 35.1 Å². The zero-order valence-corrected chi connectivity index (χ0v) is 50.5. The molecule has 0 saturated carbocycles. The Hall–Kier alpha value is -3.16. The van der Waals surface area contributed by atoms with Gasteiger partial charge in [-0.15, -0.1) is 0 Å². The molecule has 0 aromatic heterocycles. The summed E-state index contributed by atoms with van der Waals surface area (Å²) in [5, 5.41) is 57.0. The highest BCUT2D eigenvalue weighted by atomic mass is 16.7. The Morgan fingerprint density at radius 2 is 0.911 bits per heavy atom. The molecule has 1 fully saturated rings. The van der Waals surface area contributed by atoms with Crippen molar-refractivity contribution >= 4 is 11.9 Å². The number of hydrogen-bond donors (Lipinski definition) is 6. The summed E-state index contributed by atoms with van der Waals surface area (Å²) in [6, 6.07) is -1.06. The van der Waals surface area contributed by atoms with Gasteiger partial charge >= 0.3 is 5.97 Å². The highest BCUT2D eigenvalue weighted by Gasteiger charge is 2.47. The molecule has 6 N–H and O–H groups in total. The Bertz CT molecular complexity index is 1610. The van der Waals surface area contributed by atoms with Crippen LogP contribution in [0, 0.1) is 0 Å². The van der Waals surface area contributed by atoms with Gasteiger partial charge in [-0.1, -0.05) is 260 Å². The number of amides is 1. The molecule has 8 atom stereocenters. The summed E-state index contributed by atoms with van der Waals surface area (Å²) in [6.45, 7) is 5.65. The van der Waals surface area contributed by atoms with Gasteiger partial charge in [-0.05, 0) is 89.9 Å². The summed E-state index contributed by atoms with van der Waals surface area (Å²) in [5.74, 6) is -1.26. The van der Waals surface area contributed by atoms with E-state index in [1.807, 2.05) is 18.2 Å². The number of esters is 1. The van der Waals surface area contributed by atoms with Gasteiger partial charge in [-0.25, -0.2) is 0 Å². The van der Waals surface area contributed by atoms with E-state index in [2.05, 4.69) is 86.8 Å². The fourth-order valence-electron chi connectivity index (χ4n) is 9.68. The Kier molecular flexibility index (Phi) is 51.8. The van der Waals surface area contributed by atoms with Gasteiger partial charge in [0.05, 0.1) is 25.4 Å². The number of allylic oxidation sites excluding steroid dienone is 13. The van der Waals surface area contributed by atoms with Crippen LogP contribution < -0.4 is 5.32 Å². The average molecular weight is 1110 g/mol. The van der Waals surface area contributed by atoms with E-state index in [1.54, 1.807) is 6.08 Å². The molecule has 0 aromatic rings. The molecule has 0 bridgehead atoms. The first kappa shape index (κ1) is 73.9. The molecule has 79 heavy (non-hydrogen) atoms. The zero-order valence-electron chi connectivity index (χ0n) is 50.5. The first-order valence-electron chi connectivity index (χ1n) is 32.4. The number of carbonyl (C=O) groups is 2. The molecular weight excluding hydrogens is 991 g/mol. The van der Waals surface area contributed by atoms with E-state index < -0.39 is 67.4 Å². The van der Waals surface area contributed by atoms with Crippen molar-refractivity contribution in [2.24, 2.45) is 0 Å². The molecule has 11 nitrogen and oxygen atoms in total. The largest absolute Gasteiger partial charge is 0.454 e. The summed E-state index contributed by atoms with van der Waals surface area (Å²) in [6.07, 6.45) is 62.0. The maximum Gasteiger partial charge on any atom is 0.306 e. The molecule has 0 aliphatic carbocycles. The number of aliphatic hydroxyl groups excluding tert-OH is 5. The van der Waals surface area contributed by atoms with Gasteiger partial charge in [0.2, 0.25) is 5.91 Å². The predicted molar refractivity (Wildman–Crippen MR) is 329 cm³/mol. The lowest BCUT2D eigenvalue weighted by Gasteiger charge is -2.41. The lowest BCUT2D eigenvalue weighted by atomic mass is 9.99. The topological polar surface area (TPSA) is 175 Å². The molecule has 456 valence electrons. The molecule has 1 heterocycles. The summed E-state index contributed by atoms with van der Waals surface area (Å²) >= 11 is 0. The predicted octanol–water partition coefficient (Wildman–Crippen LogP) is 15.7. The van der Waals surface area contributed by atoms with Crippen molar-refractivity contribution in [2.75, 3.05) is 13.2 Å². The van der Waals surface area contributed by atoms with Crippen LogP contribution in [-0.4, -0.2) is 99.6 Å². The number of rotatable bonds is 54. The standard InChI is InChI=1S/C68H119NO10/c1-4-7-10-13-16-19-22-25-27-29-30-31-32-33-35-38-41-44-47-50-53-56-63(73)79-66-65(75)64(74)62(57-70)78-68(66)77-58-59(60(71)54-51-48-45-42-39-36-24-21-18-15-12-9-6-3)69-67(76)61(72)55-52-49-46-43-40-37-34-28-26-23-20-17-14-11-8-5-2/h8,11,17,20,25-28,37,40,46,49,51,54,59-62,64-66,68,70-72,74-75H,4-7,9-10,12-16,18-19,21-24,29-36,38-39,41-45,47-48,50,52-53,55-58H2,1-3H3,(H,69,76)/b11-8-,20-17-,27-25+,28-26-,40-37-,49-46-,54-51+. The maximum absolute atomic E-state index is 13.4. The highest BCUT2D eigenvalue weighted by Crippen LogP contribution is 2.26. The molecule has 1 aliphatic heterocycles. The fraction of sp³-hybridized carbons (Fsp3) is 0.765. The van der Waals surface area contributed by atoms with Crippen LogP contribution in [0.15, 0.2) is 85.1 Å². The molecule has 0 radical (unpaired) electrons. The van der Waals surface area contributed by atoms with Crippen LogP contribution in [0.3, 0.4) is 0 Å². The lowest BCUT2D eigenvalue weighted by Crippen LogP contribution is -2.61. The lowest BCUT2D eigenvalue weighted by molar-refractivity contribution is -0.305. The first-order valence-corrected chi connectivity index (χ1v) is 32.4. The van der Waals surface area contributed by atoms with Crippen LogP contribution in [0.4, 0.5) is 0 Å². The molecule has 1 rings (SSSR count). The number of hydrogen-bond acceptors (Lipinski definition) is 10. The third-order valence-electron chi connectivity index (χ3n) is 14.8. The van der Waals surface area contributed by atoms with Crippen LogP contribution >= 0.6 is 0 Å². The van der Waals surface area contributed by atoms with E-state index in [0.29, 0.717) is 12.8 Å². The summed E-state index contributed by atoms with van der Waals surface area (Å²) in [5.41, 5.74) is 0. The minimum Gasteiger partial charge on any atom is -0.454 e. The molecule has 1 saturated heterocycles. The van der Waals surface area contributed by atoms with E-state index >= 15 is 0 Å². The maximum atomic E-state index is 13.4. The molecule has 0 spiro atoms. The number of aliphatic hydroxyl groups is 5. The van der Waals surface area contributed by atoms with Gasteiger partial charge in [0, 0.05) is 6.42 Å². The van der Waals surface area contributed by atoms with Crippen molar-refractivity contribution in [2.45, 2.75) is 320 Å². The monoisotopic (exact) mass is 1110 g/mol. The molecule has 1 aliphatic rings. The first-order chi connectivity index (χ1) is 38.7. The summed E-state index contributed by atoms with van der Waals surface area (Å²) < 4.78 is 17.6. The van der Waals surface area contributed by atoms with E-state index in [0.717, 1.165) is 77.0 Å². The summed E-state index contributed by atoms with van der Waals surface area (Å²) in [7, 11) is 0. The highest BCUT2D eigenvalue weighted by molar-refractivity contribution is 5.80. The van der Waals surface area contributed by atoms with E-state index in [4.69, 9.17) is 14.2 Å². The van der Waals surface area contributed by atoms with Crippen LogP contribution in [0.2, 0.25) is 0 Å². The number of unbranched alkanes of at least 4 members (excludes halogenated alkanes) is 28. The van der Waals surface area contributed by atoms with Gasteiger partial charge in [-0.2, -0.15) is 0 Å². The Morgan fingerprint density at radius 1 is 0.506 bits per heavy atom. The van der Waals surface area contributed by atoms with Crippen molar-refractivity contribution in [3.05, 3.63) is 85.1 Å². The second-order valence-corrected chi connectivity index (χ2v) is 22.1.